The molecule has 0 amide bonds. The van der Waals surface area contributed by atoms with E-state index in [0.29, 0.717) is 11.4 Å². The van der Waals surface area contributed by atoms with E-state index in [1.54, 1.807) is 7.05 Å². The Balaban J connectivity index is 1.98. The lowest BCUT2D eigenvalue weighted by Crippen LogP contribution is -1.95. The van der Waals surface area contributed by atoms with Crippen molar-refractivity contribution in [1.82, 2.24) is 0 Å². The highest BCUT2D eigenvalue weighted by atomic mass is 16.3. The van der Waals surface area contributed by atoms with Crippen LogP contribution in [0.4, 0.5) is 22.7 Å². The fraction of sp³-hybridized carbons (Fsp3) is 0.238. The molecule has 0 aromatic heterocycles. The van der Waals surface area contributed by atoms with E-state index >= 15 is 0 Å². The van der Waals surface area contributed by atoms with Crippen LogP contribution in [0.25, 0.3) is 10.8 Å². The molecule has 2 N–H and O–H groups in total. The lowest BCUT2D eigenvalue weighted by molar-refractivity contribution is 0.482. The highest BCUT2D eigenvalue weighted by molar-refractivity contribution is 5.95. The minimum Gasteiger partial charge on any atom is -0.505 e. The van der Waals surface area contributed by atoms with E-state index < -0.39 is 0 Å². The van der Waals surface area contributed by atoms with Crippen molar-refractivity contribution < 1.29 is 5.11 Å². The van der Waals surface area contributed by atoms with Gasteiger partial charge in [-0.25, -0.2) is 0 Å². The SMILES string of the molecule is CCNc1ccc2c(O)c(N=Nc3ccc(N=NC)c(C)c3)c(C)cc2c1. The Labute approximate surface area is 158 Å². The Kier molecular flexibility index (Phi) is 5.45. The van der Waals surface area contributed by atoms with Crippen LogP contribution in [0.3, 0.4) is 0 Å². The second kappa shape index (κ2) is 7.95. The zero-order chi connectivity index (χ0) is 19.4. The van der Waals surface area contributed by atoms with Gasteiger partial charge in [0, 0.05) is 24.7 Å². The summed E-state index contributed by atoms with van der Waals surface area (Å²) in [6.07, 6.45) is 0. The van der Waals surface area contributed by atoms with Crippen molar-refractivity contribution in [2.24, 2.45) is 20.5 Å². The fourth-order valence-corrected chi connectivity index (χ4v) is 2.98. The Morgan fingerprint density at radius 1 is 0.926 bits per heavy atom. The molecule has 0 bridgehead atoms. The topological polar surface area (TPSA) is 81.7 Å². The molecule has 0 heterocycles. The number of azo groups is 2. The number of hydrogen-bond acceptors (Lipinski definition) is 6. The summed E-state index contributed by atoms with van der Waals surface area (Å²) in [5.74, 6) is 0.143. The van der Waals surface area contributed by atoms with Crippen LogP contribution in [0.5, 0.6) is 5.75 Å². The molecule has 0 unspecified atom stereocenters. The Bertz CT molecular complexity index is 1040. The van der Waals surface area contributed by atoms with E-state index in [2.05, 4.69) is 32.7 Å². The van der Waals surface area contributed by atoms with Crippen LogP contribution in [0.1, 0.15) is 18.1 Å². The molecule has 6 nitrogen and oxygen atoms in total. The molecule has 0 aliphatic heterocycles. The van der Waals surface area contributed by atoms with E-state index in [1.165, 1.54) is 0 Å². The molecule has 0 radical (unpaired) electrons. The molecular weight excluding hydrogens is 338 g/mol. The number of phenols is 1. The molecule has 0 fully saturated rings. The van der Waals surface area contributed by atoms with Crippen molar-refractivity contribution in [2.45, 2.75) is 20.8 Å². The Hall–Kier alpha value is -3.28. The summed E-state index contributed by atoms with van der Waals surface area (Å²) in [5, 5.41) is 32.1. The number of hydrogen-bond donors (Lipinski definition) is 2. The summed E-state index contributed by atoms with van der Waals surface area (Å²) in [5.41, 5.74) is 4.84. The summed E-state index contributed by atoms with van der Waals surface area (Å²) in [7, 11) is 1.64. The van der Waals surface area contributed by atoms with Gasteiger partial charge in [-0.15, -0.1) is 5.11 Å². The molecular formula is C21H23N5O. The third kappa shape index (κ3) is 3.95. The van der Waals surface area contributed by atoms with Gasteiger partial charge in [0.25, 0.3) is 0 Å². The lowest BCUT2D eigenvalue weighted by atomic mass is 10.0. The van der Waals surface area contributed by atoms with Crippen LogP contribution >= 0.6 is 0 Å². The van der Waals surface area contributed by atoms with Gasteiger partial charge in [-0.2, -0.15) is 15.3 Å². The largest absolute Gasteiger partial charge is 0.505 e. The van der Waals surface area contributed by atoms with Crippen LogP contribution in [0.15, 0.2) is 62.9 Å². The average Bonchev–Trinajstić information content (AvgIpc) is 2.64. The van der Waals surface area contributed by atoms with Gasteiger partial charge >= 0.3 is 0 Å². The van der Waals surface area contributed by atoms with Crippen molar-refractivity contribution in [2.75, 3.05) is 18.9 Å². The molecule has 3 aromatic rings. The number of phenolic OH excluding ortho intramolecular Hbond substituents is 1. The van der Waals surface area contributed by atoms with Crippen molar-refractivity contribution >= 4 is 33.5 Å². The zero-order valence-electron chi connectivity index (χ0n) is 16.0. The predicted molar refractivity (Wildman–Crippen MR) is 110 cm³/mol. The number of aromatic hydroxyl groups is 1. The molecule has 3 aromatic carbocycles. The summed E-state index contributed by atoms with van der Waals surface area (Å²) in [6, 6.07) is 13.5. The molecule has 0 aliphatic carbocycles. The number of fused-ring (bicyclic) bond motifs is 1. The van der Waals surface area contributed by atoms with Crippen LogP contribution in [0.2, 0.25) is 0 Å². The van der Waals surface area contributed by atoms with E-state index in [0.717, 1.165) is 39.8 Å². The molecule has 27 heavy (non-hydrogen) atoms. The second-order valence-electron chi connectivity index (χ2n) is 6.33. The summed E-state index contributed by atoms with van der Waals surface area (Å²) in [4.78, 5) is 0. The van der Waals surface area contributed by atoms with Crippen molar-refractivity contribution in [3.8, 4) is 5.75 Å². The molecule has 3 rings (SSSR count). The molecule has 0 atom stereocenters. The Morgan fingerprint density at radius 2 is 1.74 bits per heavy atom. The maximum atomic E-state index is 10.7. The van der Waals surface area contributed by atoms with Gasteiger partial charge < -0.3 is 10.4 Å². The Morgan fingerprint density at radius 3 is 2.44 bits per heavy atom. The molecule has 6 heteroatoms. The highest BCUT2D eigenvalue weighted by Crippen LogP contribution is 2.39. The second-order valence-corrected chi connectivity index (χ2v) is 6.33. The van der Waals surface area contributed by atoms with E-state index in [-0.39, 0.29) is 5.75 Å². The van der Waals surface area contributed by atoms with Gasteiger partial charge in [0.05, 0.1) is 11.4 Å². The number of nitrogens with one attached hydrogen (secondary N) is 1. The third-order valence-corrected chi connectivity index (χ3v) is 4.31. The van der Waals surface area contributed by atoms with Crippen LogP contribution in [-0.2, 0) is 0 Å². The minimum atomic E-state index is 0.143. The smallest absolute Gasteiger partial charge is 0.151 e. The normalized spacial score (nSPS) is 11.7. The quantitative estimate of drug-likeness (QED) is 0.494. The van der Waals surface area contributed by atoms with Crippen LogP contribution in [-0.4, -0.2) is 18.7 Å². The third-order valence-electron chi connectivity index (χ3n) is 4.31. The summed E-state index contributed by atoms with van der Waals surface area (Å²) in [6.45, 7) is 6.77. The number of benzene rings is 3. The average molecular weight is 361 g/mol. The lowest BCUT2D eigenvalue weighted by Gasteiger charge is -2.10. The first kappa shape index (κ1) is 18.5. The van der Waals surface area contributed by atoms with E-state index in [9.17, 15) is 5.11 Å². The molecule has 0 saturated carbocycles. The van der Waals surface area contributed by atoms with Crippen molar-refractivity contribution in [3.05, 3.63) is 53.6 Å². The van der Waals surface area contributed by atoms with Gasteiger partial charge in [0.1, 0.15) is 5.69 Å². The van der Waals surface area contributed by atoms with Gasteiger partial charge in [-0.3, -0.25) is 0 Å². The monoisotopic (exact) mass is 361 g/mol. The molecule has 138 valence electrons. The van der Waals surface area contributed by atoms with Gasteiger partial charge in [0.15, 0.2) is 5.75 Å². The molecule has 0 aliphatic rings. The summed E-state index contributed by atoms with van der Waals surface area (Å²) >= 11 is 0. The fourth-order valence-electron chi connectivity index (χ4n) is 2.98. The molecule has 0 spiro atoms. The minimum absolute atomic E-state index is 0.143. The van der Waals surface area contributed by atoms with E-state index in [1.807, 2.05) is 56.3 Å². The first-order valence-electron chi connectivity index (χ1n) is 8.86. The van der Waals surface area contributed by atoms with Gasteiger partial charge in [-0.1, -0.05) is 0 Å². The first-order valence-corrected chi connectivity index (χ1v) is 8.86. The standard InChI is InChI=1S/C21H23N5O/c1-5-23-16-6-8-18-15(12-16)10-14(3)20(21(18)27)26-24-17-7-9-19(25-22-4)13(2)11-17/h6-12,23,27H,5H2,1-4H3. The van der Waals surface area contributed by atoms with Crippen molar-refractivity contribution in [3.63, 3.8) is 0 Å². The van der Waals surface area contributed by atoms with Gasteiger partial charge in [0.2, 0.25) is 0 Å². The van der Waals surface area contributed by atoms with Crippen LogP contribution < -0.4 is 5.32 Å². The molecule has 0 saturated heterocycles. The maximum absolute atomic E-state index is 10.7. The number of nitrogens with zero attached hydrogens (tertiary/aromatic N) is 4. The van der Waals surface area contributed by atoms with Gasteiger partial charge in [-0.05, 0) is 79.7 Å². The summed E-state index contributed by atoms with van der Waals surface area (Å²) < 4.78 is 0. The highest BCUT2D eigenvalue weighted by Gasteiger charge is 2.11. The maximum Gasteiger partial charge on any atom is 0.151 e. The van der Waals surface area contributed by atoms with E-state index in [4.69, 9.17) is 0 Å². The predicted octanol–water partition coefficient (Wildman–Crippen LogP) is 6.72. The number of aryl methyl sites for hydroxylation is 2. The number of anilines is 1. The number of rotatable bonds is 5. The van der Waals surface area contributed by atoms with Crippen molar-refractivity contribution in [1.29, 1.82) is 0 Å². The zero-order valence-corrected chi connectivity index (χ0v) is 16.0. The van der Waals surface area contributed by atoms with Crippen LogP contribution in [0, 0.1) is 13.8 Å². The first-order chi connectivity index (χ1) is 13.0.